The molecule has 1 aromatic heterocycles. The van der Waals surface area contributed by atoms with Crippen molar-refractivity contribution in [3.8, 4) is 0 Å². The van der Waals surface area contributed by atoms with Crippen molar-refractivity contribution in [3.63, 3.8) is 0 Å². The van der Waals surface area contributed by atoms with Crippen molar-refractivity contribution in [1.29, 1.82) is 0 Å². The summed E-state index contributed by atoms with van der Waals surface area (Å²) in [7, 11) is 0. The minimum atomic E-state index is 0.656. The molecule has 1 unspecified atom stereocenters. The molecule has 0 saturated heterocycles. The van der Waals surface area contributed by atoms with Gasteiger partial charge in [-0.05, 0) is 31.4 Å². The fraction of sp³-hybridized carbons (Fsp3) is 0.667. The summed E-state index contributed by atoms with van der Waals surface area (Å²) in [6, 6.07) is 4.90. The van der Waals surface area contributed by atoms with Gasteiger partial charge in [-0.15, -0.1) is 0 Å². The Bertz CT molecular complexity index is 292. The van der Waals surface area contributed by atoms with Gasteiger partial charge in [0.05, 0.1) is 5.69 Å². The summed E-state index contributed by atoms with van der Waals surface area (Å²) >= 11 is 0. The molecule has 0 aliphatic carbocycles. The molecule has 0 aromatic carbocycles. The zero-order valence-electron chi connectivity index (χ0n) is 11.5. The molecule has 1 rings (SSSR count). The van der Waals surface area contributed by atoms with Crippen LogP contribution in [0.15, 0.2) is 18.3 Å². The molecule has 0 amide bonds. The van der Waals surface area contributed by atoms with Gasteiger partial charge in [0.15, 0.2) is 0 Å². The molecule has 0 bridgehead atoms. The first kappa shape index (κ1) is 14.2. The van der Waals surface area contributed by atoms with E-state index in [4.69, 9.17) is 0 Å². The van der Waals surface area contributed by atoms with Crippen molar-refractivity contribution in [2.75, 3.05) is 0 Å². The lowest BCUT2D eigenvalue weighted by Crippen LogP contribution is -2.28. The van der Waals surface area contributed by atoms with Crippen LogP contribution in [0.4, 0.5) is 0 Å². The third-order valence-corrected chi connectivity index (χ3v) is 3.09. The van der Waals surface area contributed by atoms with E-state index in [0.717, 1.165) is 12.2 Å². The highest BCUT2D eigenvalue weighted by atomic mass is 14.9. The van der Waals surface area contributed by atoms with Crippen LogP contribution in [0.1, 0.15) is 57.2 Å². The van der Waals surface area contributed by atoms with E-state index < -0.39 is 0 Å². The highest BCUT2D eigenvalue weighted by Crippen LogP contribution is 2.08. The van der Waals surface area contributed by atoms with Crippen molar-refractivity contribution in [3.05, 3.63) is 29.6 Å². The largest absolute Gasteiger partial charge is 0.308 e. The minimum absolute atomic E-state index is 0.656. The standard InChI is InChI=1S/C15H26N2/c1-4-6-8-14(7-5-2)17-12-15-10-9-13(3)11-16-15/h9-11,14,17H,4-8,12H2,1-3H3. The smallest absolute Gasteiger partial charge is 0.0541 e. The van der Waals surface area contributed by atoms with E-state index in [9.17, 15) is 0 Å². The SMILES string of the molecule is CCCCC(CCC)NCc1ccc(C)cn1. The van der Waals surface area contributed by atoms with Crippen LogP contribution in [-0.2, 0) is 6.54 Å². The fourth-order valence-electron chi connectivity index (χ4n) is 2.00. The van der Waals surface area contributed by atoms with Gasteiger partial charge in [0.1, 0.15) is 0 Å². The number of nitrogens with one attached hydrogen (secondary N) is 1. The van der Waals surface area contributed by atoms with E-state index in [-0.39, 0.29) is 0 Å². The molecule has 2 heteroatoms. The quantitative estimate of drug-likeness (QED) is 0.739. The molecule has 0 radical (unpaired) electrons. The Morgan fingerprint density at radius 3 is 2.59 bits per heavy atom. The Morgan fingerprint density at radius 2 is 2.00 bits per heavy atom. The third kappa shape index (κ3) is 5.83. The summed E-state index contributed by atoms with van der Waals surface area (Å²) in [5.41, 5.74) is 2.37. The molecule has 1 atom stereocenters. The molecule has 0 spiro atoms. The van der Waals surface area contributed by atoms with Gasteiger partial charge in [-0.25, -0.2) is 0 Å². The number of hydrogen-bond acceptors (Lipinski definition) is 2. The van der Waals surface area contributed by atoms with Crippen molar-refractivity contribution in [2.45, 2.75) is 65.5 Å². The predicted octanol–water partition coefficient (Wildman–Crippen LogP) is 3.84. The average Bonchev–Trinajstić information content (AvgIpc) is 2.35. The summed E-state index contributed by atoms with van der Waals surface area (Å²) in [6.45, 7) is 7.48. The Balaban J connectivity index is 2.37. The Morgan fingerprint density at radius 1 is 1.18 bits per heavy atom. The summed E-state index contributed by atoms with van der Waals surface area (Å²) in [6.07, 6.45) is 8.35. The Kier molecular flexibility index (Phi) is 6.87. The predicted molar refractivity (Wildman–Crippen MR) is 74.0 cm³/mol. The Labute approximate surface area is 106 Å². The number of aromatic nitrogens is 1. The van der Waals surface area contributed by atoms with Gasteiger partial charge in [-0.3, -0.25) is 4.98 Å². The summed E-state index contributed by atoms with van der Waals surface area (Å²) in [5, 5.41) is 3.63. The number of hydrogen-bond donors (Lipinski definition) is 1. The summed E-state index contributed by atoms with van der Waals surface area (Å²) < 4.78 is 0. The molecule has 1 N–H and O–H groups in total. The molecule has 17 heavy (non-hydrogen) atoms. The van der Waals surface area contributed by atoms with Crippen LogP contribution >= 0.6 is 0 Å². The molecule has 2 nitrogen and oxygen atoms in total. The first-order chi connectivity index (χ1) is 8.26. The van der Waals surface area contributed by atoms with Crippen molar-refractivity contribution in [1.82, 2.24) is 10.3 Å². The third-order valence-electron chi connectivity index (χ3n) is 3.09. The van der Waals surface area contributed by atoms with Crippen LogP contribution in [-0.4, -0.2) is 11.0 Å². The van der Waals surface area contributed by atoms with Crippen LogP contribution in [0.3, 0.4) is 0 Å². The zero-order valence-corrected chi connectivity index (χ0v) is 11.5. The lowest BCUT2D eigenvalue weighted by Gasteiger charge is -2.17. The summed E-state index contributed by atoms with van der Waals surface area (Å²) in [5.74, 6) is 0. The fourth-order valence-corrected chi connectivity index (χ4v) is 2.00. The number of aryl methyl sites for hydroxylation is 1. The topological polar surface area (TPSA) is 24.9 Å². The zero-order chi connectivity index (χ0) is 12.5. The van der Waals surface area contributed by atoms with Crippen molar-refractivity contribution in [2.24, 2.45) is 0 Å². The van der Waals surface area contributed by atoms with Gasteiger partial charge in [-0.1, -0.05) is 39.2 Å². The monoisotopic (exact) mass is 234 g/mol. The average molecular weight is 234 g/mol. The van der Waals surface area contributed by atoms with Crippen LogP contribution in [0.2, 0.25) is 0 Å². The van der Waals surface area contributed by atoms with Gasteiger partial charge in [0, 0.05) is 18.8 Å². The van der Waals surface area contributed by atoms with Gasteiger partial charge < -0.3 is 5.32 Å². The van der Waals surface area contributed by atoms with Crippen LogP contribution in [0.5, 0.6) is 0 Å². The maximum atomic E-state index is 4.43. The van der Waals surface area contributed by atoms with Crippen LogP contribution in [0.25, 0.3) is 0 Å². The van der Waals surface area contributed by atoms with E-state index in [0.29, 0.717) is 6.04 Å². The van der Waals surface area contributed by atoms with Crippen LogP contribution < -0.4 is 5.32 Å². The number of rotatable bonds is 8. The lowest BCUT2D eigenvalue weighted by molar-refractivity contribution is 0.431. The first-order valence-electron chi connectivity index (χ1n) is 6.91. The molecular weight excluding hydrogens is 208 g/mol. The van der Waals surface area contributed by atoms with Crippen molar-refractivity contribution >= 4 is 0 Å². The van der Waals surface area contributed by atoms with Crippen LogP contribution in [0, 0.1) is 6.92 Å². The van der Waals surface area contributed by atoms with E-state index in [1.165, 1.54) is 37.7 Å². The first-order valence-corrected chi connectivity index (χ1v) is 6.91. The van der Waals surface area contributed by atoms with E-state index >= 15 is 0 Å². The van der Waals surface area contributed by atoms with Gasteiger partial charge in [0.25, 0.3) is 0 Å². The van der Waals surface area contributed by atoms with Gasteiger partial charge in [-0.2, -0.15) is 0 Å². The molecule has 0 fully saturated rings. The number of nitrogens with zero attached hydrogens (tertiary/aromatic N) is 1. The summed E-state index contributed by atoms with van der Waals surface area (Å²) in [4.78, 5) is 4.43. The molecule has 0 aliphatic heterocycles. The van der Waals surface area contributed by atoms with Gasteiger partial charge >= 0.3 is 0 Å². The molecule has 1 aromatic rings. The molecule has 0 aliphatic rings. The second kappa shape index (κ2) is 8.24. The van der Waals surface area contributed by atoms with Gasteiger partial charge in [0.2, 0.25) is 0 Å². The van der Waals surface area contributed by atoms with Crippen molar-refractivity contribution < 1.29 is 0 Å². The molecular formula is C15H26N2. The van der Waals surface area contributed by atoms with E-state index in [1.807, 2.05) is 6.20 Å². The Hall–Kier alpha value is -0.890. The number of pyridine rings is 1. The van der Waals surface area contributed by atoms with E-state index in [2.05, 4.69) is 43.2 Å². The molecule has 0 saturated carbocycles. The maximum absolute atomic E-state index is 4.43. The minimum Gasteiger partial charge on any atom is -0.308 e. The number of unbranched alkanes of at least 4 members (excludes halogenated alkanes) is 1. The molecule has 96 valence electrons. The second-order valence-corrected chi connectivity index (χ2v) is 4.84. The highest BCUT2D eigenvalue weighted by molar-refractivity contribution is 5.12. The second-order valence-electron chi connectivity index (χ2n) is 4.84. The normalized spacial score (nSPS) is 12.6. The highest BCUT2D eigenvalue weighted by Gasteiger charge is 2.06. The maximum Gasteiger partial charge on any atom is 0.0541 e. The van der Waals surface area contributed by atoms with E-state index in [1.54, 1.807) is 0 Å². The lowest BCUT2D eigenvalue weighted by atomic mass is 10.1. The molecule has 1 heterocycles.